The molecule has 184 valence electrons. The molecule has 1 fully saturated rings. The molecule has 1 aliphatic rings. The first-order chi connectivity index (χ1) is 17.6. The number of nitrogens with zero attached hydrogens (tertiary/aromatic N) is 4. The van der Waals surface area contributed by atoms with Crippen molar-refractivity contribution in [2.24, 2.45) is 0 Å². The second kappa shape index (κ2) is 10.6. The van der Waals surface area contributed by atoms with Crippen LogP contribution in [0.5, 0.6) is 11.5 Å². The van der Waals surface area contributed by atoms with Crippen molar-refractivity contribution in [2.45, 2.75) is 19.4 Å². The molecule has 0 saturated carbocycles. The Labute approximate surface area is 211 Å². The van der Waals surface area contributed by atoms with Crippen LogP contribution in [0.4, 0.5) is 5.69 Å². The van der Waals surface area contributed by atoms with E-state index < -0.39 is 6.10 Å². The minimum atomic E-state index is -0.514. The predicted octanol–water partition coefficient (Wildman–Crippen LogP) is 4.81. The van der Waals surface area contributed by atoms with Gasteiger partial charge in [-0.05, 0) is 55.0 Å². The Balaban J connectivity index is 1.20. The lowest BCUT2D eigenvalue weighted by Crippen LogP contribution is -2.52. The molecule has 0 aliphatic carbocycles. The highest BCUT2D eigenvalue weighted by molar-refractivity contribution is 5.81. The molecule has 2 heterocycles. The number of aromatic nitrogens is 2. The molecule has 1 aliphatic heterocycles. The van der Waals surface area contributed by atoms with E-state index in [9.17, 15) is 4.79 Å². The Morgan fingerprint density at radius 1 is 0.917 bits per heavy atom. The number of rotatable bonds is 7. The van der Waals surface area contributed by atoms with Gasteiger partial charge in [0.25, 0.3) is 5.91 Å². The van der Waals surface area contributed by atoms with Crippen LogP contribution in [0.1, 0.15) is 13.3 Å². The molecule has 0 N–H and O–H groups in total. The van der Waals surface area contributed by atoms with Gasteiger partial charge < -0.3 is 19.3 Å². The molecule has 1 unspecified atom stereocenters. The highest BCUT2D eigenvalue weighted by atomic mass is 16.5. The van der Waals surface area contributed by atoms with Crippen LogP contribution in [0.15, 0.2) is 79.0 Å². The van der Waals surface area contributed by atoms with E-state index in [0.717, 1.165) is 46.8 Å². The number of benzene rings is 3. The van der Waals surface area contributed by atoms with Crippen molar-refractivity contribution in [3.63, 3.8) is 0 Å². The lowest BCUT2D eigenvalue weighted by Gasteiger charge is -2.37. The smallest absolute Gasteiger partial charge is 0.263 e. The van der Waals surface area contributed by atoms with Crippen molar-refractivity contribution in [3.8, 4) is 22.8 Å². The predicted molar refractivity (Wildman–Crippen MR) is 141 cm³/mol. The van der Waals surface area contributed by atoms with Crippen LogP contribution < -0.4 is 14.4 Å². The summed E-state index contributed by atoms with van der Waals surface area (Å²) in [6, 6.07) is 23.5. The molecule has 36 heavy (non-hydrogen) atoms. The molecule has 1 saturated heterocycles. The molecular weight excluding hydrogens is 452 g/mol. The van der Waals surface area contributed by atoms with Crippen LogP contribution in [0.25, 0.3) is 22.3 Å². The van der Waals surface area contributed by atoms with Gasteiger partial charge in [-0.15, -0.1) is 0 Å². The van der Waals surface area contributed by atoms with Crippen molar-refractivity contribution >= 4 is 22.6 Å². The summed E-state index contributed by atoms with van der Waals surface area (Å²) in [6.07, 6.45) is 1.87. The average molecular weight is 483 g/mol. The highest BCUT2D eigenvalue weighted by Gasteiger charge is 2.28. The van der Waals surface area contributed by atoms with E-state index in [1.165, 1.54) is 0 Å². The minimum Gasteiger partial charge on any atom is -0.497 e. The SMILES string of the molecule is CCC(Oc1ccc(-c2cnc3ccccc3n2)cc1)C(=O)N1CCN(c2cccc(OC)c2)CC1. The number of anilines is 1. The number of methoxy groups -OCH3 is 1. The Morgan fingerprint density at radius 2 is 1.67 bits per heavy atom. The third-order valence-electron chi connectivity index (χ3n) is 6.53. The van der Waals surface area contributed by atoms with E-state index in [2.05, 4.69) is 16.0 Å². The number of amides is 1. The molecule has 3 aromatic carbocycles. The third-order valence-corrected chi connectivity index (χ3v) is 6.53. The van der Waals surface area contributed by atoms with Crippen LogP contribution in [0.3, 0.4) is 0 Å². The maximum atomic E-state index is 13.2. The number of hydrogen-bond acceptors (Lipinski definition) is 6. The van der Waals surface area contributed by atoms with Gasteiger partial charge in [-0.1, -0.05) is 25.1 Å². The van der Waals surface area contributed by atoms with Crippen molar-refractivity contribution in [2.75, 3.05) is 38.2 Å². The Hall–Kier alpha value is -4.13. The van der Waals surface area contributed by atoms with Crippen LogP contribution in [-0.4, -0.2) is 60.2 Å². The number of carbonyl (C=O) groups excluding carboxylic acids is 1. The molecule has 4 aromatic rings. The standard InChI is InChI=1S/C29H30N4O3/c1-3-28(29(34)33-17-15-32(16-18-33)22-7-6-8-24(19-22)35-2)36-23-13-11-21(12-14-23)27-20-30-25-9-4-5-10-26(25)31-27/h4-14,19-20,28H,3,15-18H2,1-2H3. The summed E-state index contributed by atoms with van der Waals surface area (Å²) >= 11 is 0. The van der Waals surface area contributed by atoms with Gasteiger partial charge in [-0.2, -0.15) is 0 Å². The lowest BCUT2D eigenvalue weighted by molar-refractivity contribution is -0.139. The van der Waals surface area contributed by atoms with E-state index in [1.54, 1.807) is 13.3 Å². The molecule has 0 spiro atoms. The molecule has 7 heteroatoms. The summed E-state index contributed by atoms with van der Waals surface area (Å²) in [5.74, 6) is 1.54. The lowest BCUT2D eigenvalue weighted by atomic mass is 10.1. The maximum absolute atomic E-state index is 13.2. The topological polar surface area (TPSA) is 67.8 Å². The van der Waals surface area contributed by atoms with Gasteiger partial charge in [0.1, 0.15) is 11.5 Å². The first kappa shape index (κ1) is 23.6. The zero-order valence-electron chi connectivity index (χ0n) is 20.6. The van der Waals surface area contributed by atoms with Crippen LogP contribution >= 0.6 is 0 Å². The van der Waals surface area contributed by atoms with Gasteiger partial charge in [0.15, 0.2) is 6.10 Å². The number of hydrogen-bond donors (Lipinski definition) is 0. The van der Waals surface area contributed by atoms with Gasteiger partial charge in [0, 0.05) is 43.5 Å². The number of fused-ring (bicyclic) bond motifs is 1. The van der Waals surface area contributed by atoms with Gasteiger partial charge in [0.05, 0.1) is 30.0 Å². The Kier molecular flexibility index (Phi) is 6.98. The zero-order chi connectivity index (χ0) is 24.9. The summed E-state index contributed by atoms with van der Waals surface area (Å²) < 4.78 is 11.5. The Morgan fingerprint density at radius 3 is 2.39 bits per heavy atom. The van der Waals surface area contributed by atoms with Crippen molar-refractivity contribution in [1.82, 2.24) is 14.9 Å². The monoisotopic (exact) mass is 482 g/mol. The fourth-order valence-corrected chi connectivity index (χ4v) is 4.47. The average Bonchev–Trinajstić information content (AvgIpc) is 2.95. The van der Waals surface area contributed by atoms with Gasteiger partial charge >= 0.3 is 0 Å². The Bertz CT molecular complexity index is 1330. The maximum Gasteiger partial charge on any atom is 0.263 e. The number of carbonyl (C=O) groups is 1. The van der Waals surface area contributed by atoms with E-state index in [0.29, 0.717) is 25.3 Å². The summed E-state index contributed by atoms with van der Waals surface area (Å²) in [5.41, 5.74) is 4.60. The van der Waals surface area contributed by atoms with Crippen LogP contribution in [0.2, 0.25) is 0 Å². The number of piperazine rings is 1. The normalized spacial score (nSPS) is 14.5. The first-order valence-electron chi connectivity index (χ1n) is 12.3. The number of ether oxygens (including phenoxy) is 2. The second-order valence-electron chi connectivity index (χ2n) is 8.80. The summed E-state index contributed by atoms with van der Waals surface area (Å²) in [5, 5.41) is 0. The van der Waals surface area contributed by atoms with Gasteiger partial charge in [-0.3, -0.25) is 9.78 Å². The molecule has 1 amide bonds. The van der Waals surface area contributed by atoms with E-state index in [4.69, 9.17) is 14.5 Å². The molecular formula is C29H30N4O3. The summed E-state index contributed by atoms with van der Waals surface area (Å²) in [6.45, 7) is 4.85. The van der Waals surface area contributed by atoms with Gasteiger partial charge in [-0.25, -0.2) is 4.98 Å². The minimum absolute atomic E-state index is 0.0345. The van der Waals surface area contributed by atoms with Crippen molar-refractivity contribution in [1.29, 1.82) is 0 Å². The first-order valence-corrected chi connectivity index (χ1v) is 12.3. The summed E-state index contributed by atoms with van der Waals surface area (Å²) in [4.78, 5) is 26.6. The highest BCUT2D eigenvalue weighted by Crippen LogP contribution is 2.25. The second-order valence-corrected chi connectivity index (χ2v) is 8.80. The quantitative estimate of drug-likeness (QED) is 0.377. The fourth-order valence-electron chi connectivity index (χ4n) is 4.47. The molecule has 1 aromatic heterocycles. The van der Waals surface area contributed by atoms with E-state index in [-0.39, 0.29) is 5.91 Å². The van der Waals surface area contributed by atoms with Gasteiger partial charge in [0.2, 0.25) is 0 Å². The largest absolute Gasteiger partial charge is 0.497 e. The van der Waals surface area contributed by atoms with E-state index in [1.807, 2.05) is 78.6 Å². The van der Waals surface area contributed by atoms with E-state index >= 15 is 0 Å². The fraction of sp³-hybridized carbons (Fsp3) is 0.276. The molecule has 0 bridgehead atoms. The number of para-hydroxylation sites is 2. The van der Waals surface area contributed by atoms with Crippen molar-refractivity contribution < 1.29 is 14.3 Å². The molecule has 1 atom stereocenters. The van der Waals surface area contributed by atoms with Crippen molar-refractivity contribution in [3.05, 3.63) is 79.0 Å². The molecule has 5 rings (SSSR count). The molecule has 7 nitrogen and oxygen atoms in total. The van der Waals surface area contributed by atoms with Crippen LogP contribution in [-0.2, 0) is 4.79 Å². The molecule has 0 radical (unpaired) electrons. The summed E-state index contributed by atoms with van der Waals surface area (Å²) in [7, 11) is 1.67. The zero-order valence-corrected chi connectivity index (χ0v) is 20.6. The third kappa shape index (κ3) is 5.10. The van der Waals surface area contributed by atoms with Crippen LogP contribution in [0, 0.1) is 0 Å².